The van der Waals surface area contributed by atoms with Crippen molar-refractivity contribution < 1.29 is 4.74 Å². The number of benzene rings is 1. The summed E-state index contributed by atoms with van der Waals surface area (Å²) in [4.78, 5) is 4.33. The number of nitrogens with zero attached hydrogens (tertiary/aromatic N) is 3. The van der Waals surface area contributed by atoms with Crippen molar-refractivity contribution in [3.05, 3.63) is 48.9 Å². The minimum Gasteiger partial charge on any atom is -0.492 e. The first-order valence-corrected chi connectivity index (χ1v) is 6.35. The summed E-state index contributed by atoms with van der Waals surface area (Å²) in [6.45, 7) is 0.994. The quantitative estimate of drug-likeness (QED) is 0.738. The fourth-order valence-corrected chi connectivity index (χ4v) is 1.93. The average Bonchev–Trinajstić information content (AvgIpc) is 2.95. The van der Waals surface area contributed by atoms with Gasteiger partial charge in [0, 0.05) is 30.7 Å². The highest BCUT2D eigenvalue weighted by Gasteiger charge is 2.04. The zero-order valence-corrected chi connectivity index (χ0v) is 10.9. The van der Waals surface area contributed by atoms with Crippen molar-refractivity contribution >= 4 is 17.0 Å². The predicted molar refractivity (Wildman–Crippen MR) is 77.3 cm³/mol. The molecule has 0 saturated heterocycles. The van der Waals surface area contributed by atoms with Crippen molar-refractivity contribution in [1.29, 1.82) is 0 Å². The minimum absolute atomic E-state index is 0.494. The maximum Gasteiger partial charge on any atom is 0.156 e. The Bertz CT molecular complexity index is 709. The molecule has 3 N–H and O–H groups in total. The van der Waals surface area contributed by atoms with Gasteiger partial charge in [-0.1, -0.05) is 6.07 Å². The SMILES string of the molecule is NCCOc1cccc(Nc2nccn3nccc23)c1. The van der Waals surface area contributed by atoms with E-state index >= 15 is 0 Å². The second kappa shape index (κ2) is 5.58. The summed E-state index contributed by atoms with van der Waals surface area (Å²) in [6, 6.07) is 9.59. The van der Waals surface area contributed by atoms with E-state index in [0.717, 1.165) is 22.8 Å². The topological polar surface area (TPSA) is 77.5 Å². The monoisotopic (exact) mass is 269 g/mol. The molecule has 1 aromatic carbocycles. The third kappa shape index (κ3) is 2.55. The van der Waals surface area contributed by atoms with Crippen LogP contribution in [0, 0.1) is 0 Å². The Morgan fingerprint density at radius 2 is 2.20 bits per heavy atom. The molecule has 0 bridgehead atoms. The van der Waals surface area contributed by atoms with Crippen LogP contribution in [-0.4, -0.2) is 27.7 Å². The maximum absolute atomic E-state index is 5.50. The Kier molecular flexibility index (Phi) is 3.47. The molecule has 3 rings (SSSR count). The van der Waals surface area contributed by atoms with Crippen molar-refractivity contribution in [2.45, 2.75) is 0 Å². The number of hydrogen-bond acceptors (Lipinski definition) is 5. The molecule has 0 amide bonds. The van der Waals surface area contributed by atoms with Gasteiger partial charge in [0.1, 0.15) is 17.9 Å². The first-order chi connectivity index (χ1) is 9.86. The fraction of sp³-hybridized carbons (Fsp3) is 0.143. The van der Waals surface area contributed by atoms with Crippen LogP contribution in [-0.2, 0) is 0 Å². The third-order valence-electron chi connectivity index (χ3n) is 2.81. The molecule has 2 heterocycles. The van der Waals surface area contributed by atoms with Gasteiger partial charge in [0.05, 0.1) is 6.20 Å². The molecule has 0 unspecified atom stereocenters. The van der Waals surface area contributed by atoms with E-state index in [1.807, 2.05) is 30.3 Å². The van der Waals surface area contributed by atoms with Crippen molar-refractivity contribution in [2.75, 3.05) is 18.5 Å². The molecule has 0 atom stereocenters. The van der Waals surface area contributed by atoms with Gasteiger partial charge < -0.3 is 15.8 Å². The second-order valence-electron chi connectivity index (χ2n) is 4.23. The fourth-order valence-electron chi connectivity index (χ4n) is 1.93. The van der Waals surface area contributed by atoms with Crippen LogP contribution < -0.4 is 15.8 Å². The van der Waals surface area contributed by atoms with E-state index in [2.05, 4.69) is 15.4 Å². The Labute approximate surface area is 116 Å². The van der Waals surface area contributed by atoms with Crippen molar-refractivity contribution in [3.8, 4) is 5.75 Å². The molecule has 6 heteroatoms. The van der Waals surface area contributed by atoms with Gasteiger partial charge in [0.15, 0.2) is 5.82 Å². The number of nitrogens with one attached hydrogen (secondary N) is 1. The van der Waals surface area contributed by atoms with E-state index in [1.54, 1.807) is 23.1 Å². The molecule has 0 radical (unpaired) electrons. The standard InChI is InChI=1S/C14H15N5O/c15-5-9-20-12-3-1-2-11(10-12)18-14-13-4-6-17-19(13)8-7-16-14/h1-4,6-8,10H,5,9,15H2,(H,16,18). The van der Waals surface area contributed by atoms with Gasteiger partial charge in [-0.15, -0.1) is 0 Å². The summed E-state index contributed by atoms with van der Waals surface area (Å²) in [5.74, 6) is 1.53. The highest BCUT2D eigenvalue weighted by Crippen LogP contribution is 2.22. The minimum atomic E-state index is 0.494. The lowest BCUT2D eigenvalue weighted by Crippen LogP contribution is -2.10. The van der Waals surface area contributed by atoms with E-state index in [1.165, 1.54) is 0 Å². The normalized spacial score (nSPS) is 10.7. The molecule has 0 spiro atoms. The number of rotatable bonds is 5. The van der Waals surface area contributed by atoms with Crippen molar-refractivity contribution in [1.82, 2.24) is 14.6 Å². The van der Waals surface area contributed by atoms with Gasteiger partial charge in [0.2, 0.25) is 0 Å². The molecule has 20 heavy (non-hydrogen) atoms. The molecular weight excluding hydrogens is 254 g/mol. The highest BCUT2D eigenvalue weighted by atomic mass is 16.5. The predicted octanol–water partition coefficient (Wildman–Crippen LogP) is 1.81. The lowest BCUT2D eigenvalue weighted by atomic mass is 10.3. The molecular formula is C14H15N5O. The molecule has 0 aliphatic heterocycles. The molecule has 0 aliphatic carbocycles. The first kappa shape index (κ1) is 12.4. The van der Waals surface area contributed by atoms with Crippen LogP contribution in [0.2, 0.25) is 0 Å². The number of ether oxygens (including phenoxy) is 1. The first-order valence-electron chi connectivity index (χ1n) is 6.35. The summed E-state index contributed by atoms with van der Waals surface area (Å²) in [5.41, 5.74) is 7.25. The van der Waals surface area contributed by atoms with Crippen LogP contribution in [0.25, 0.3) is 5.52 Å². The van der Waals surface area contributed by atoms with Crippen molar-refractivity contribution in [2.24, 2.45) is 5.73 Å². The Hall–Kier alpha value is -2.60. The second-order valence-corrected chi connectivity index (χ2v) is 4.23. The summed E-state index contributed by atoms with van der Waals surface area (Å²) in [5, 5.41) is 7.44. The summed E-state index contributed by atoms with van der Waals surface area (Å²) < 4.78 is 7.27. The summed E-state index contributed by atoms with van der Waals surface area (Å²) >= 11 is 0. The Balaban J connectivity index is 1.85. The van der Waals surface area contributed by atoms with E-state index < -0.39 is 0 Å². The molecule has 2 aromatic heterocycles. The number of fused-ring (bicyclic) bond motifs is 1. The van der Waals surface area contributed by atoms with Crippen LogP contribution in [0.15, 0.2) is 48.9 Å². The van der Waals surface area contributed by atoms with Gasteiger partial charge in [-0.05, 0) is 18.2 Å². The number of anilines is 2. The van der Waals surface area contributed by atoms with Gasteiger partial charge in [-0.25, -0.2) is 9.50 Å². The highest BCUT2D eigenvalue weighted by molar-refractivity contribution is 5.73. The van der Waals surface area contributed by atoms with Gasteiger partial charge in [-0.2, -0.15) is 5.10 Å². The Morgan fingerprint density at radius 3 is 3.10 bits per heavy atom. The van der Waals surface area contributed by atoms with Gasteiger partial charge >= 0.3 is 0 Å². The third-order valence-corrected chi connectivity index (χ3v) is 2.81. The van der Waals surface area contributed by atoms with Crippen LogP contribution in [0.3, 0.4) is 0 Å². The zero-order chi connectivity index (χ0) is 13.8. The lowest BCUT2D eigenvalue weighted by molar-refractivity contribution is 0.328. The number of nitrogens with two attached hydrogens (primary N) is 1. The Morgan fingerprint density at radius 1 is 1.25 bits per heavy atom. The van der Waals surface area contributed by atoms with E-state index in [9.17, 15) is 0 Å². The summed E-state index contributed by atoms with van der Waals surface area (Å²) in [6.07, 6.45) is 5.25. The zero-order valence-electron chi connectivity index (χ0n) is 10.9. The van der Waals surface area contributed by atoms with Gasteiger partial charge in [0.25, 0.3) is 0 Å². The number of hydrogen-bond donors (Lipinski definition) is 2. The average molecular weight is 269 g/mol. The van der Waals surface area contributed by atoms with E-state index in [4.69, 9.17) is 10.5 Å². The van der Waals surface area contributed by atoms with Crippen molar-refractivity contribution in [3.63, 3.8) is 0 Å². The maximum atomic E-state index is 5.50. The van der Waals surface area contributed by atoms with Crippen LogP contribution >= 0.6 is 0 Å². The lowest BCUT2D eigenvalue weighted by Gasteiger charge is -2.09. The summed E-state index contributed by atoms with van der Waals surface area (Å²) in [7, 11) is 0. The van der Waals surface area contributed by atoms with E-state index in [-0.39, 0.29) is 0 Å². The largest absolute Gasteiger partial charge is 0.492 e. The molecule has 6 nitrogen and oxygen atoms in total. The molecule has 3 aromatic rings. The molecule has 0 aliphatic rings. The molecule has 0 saturated carbocycles. The van der Waals surface area contributed by atoms with Crippen LogP contribution in [0.4, 0.5) is 11.5 Å². The van der Waals surface area contributed by atoms with Crippen LogP contribution in [0.1, 0.15) is 0 Å². The smallest absolute Gasteiger partial charge is 0.156 e. The van der Waals surface area contributed by atoms with Gasteiger partial charge in [-0.3, -0.25) is 0 Å². The molecule has 0 fully saturated rings. The number of aromatic nitrogens is 3. The molecule has 102 valence electrons. The van der Waals surface area contributed by atoms with Crippen LogP contribution in [0.5, 0.6) is 5.75 Å². The van der Waals surface area contributed by atoms with E-state index in [0.29, 0.717) is 13.2 Å².